The molecule has 0 amide bonds. The molecule has 5 aromatic rings. The topological polar surface area (TPSA) is 43.3 Å². The second-order valence-corrected chi connectivity index (χ2v) is 6.86. The maximum atomic E-state index is 6.02. The van der Waals surface area contributed by atoms with E-state index in [1.807, 2.05) is 42.5 Å². The van der Waals surface area contributed by atoms with E-state index in [4.69, 9.17) is 10.7 Å². The van der Waals surface area contributed by atoms with Crippen LogP contribution in [0.3, 0.4) is 0 Å². The Morgan fingerprint density at radius 3 is 2.00 bits per heavy atom. The summed E-state index contributed by atoms with van der Waals surface area (Å²) in [6.07, 6.45) is 4.21. The molecule has 0 radical (unpaired) electrons. The third kappa shape index (κ3) is 2.93. The highest BCUT2D eigenvalue weighted by Gasteiger charge is 2.12. The van der Waals surface area contributed by atoms with Gasteiger partial charge in [-0.1, -0.05) is 72.8 Å². The van der Waals surface area contributed by atoms with Crippen LogP contribution in [-0.4, -0.2) is 9.38 Å². The molecule has 0 saturated heterocycles. The second kappa shape index (κ2) is 6.71. The molecule has 0 saturated carbocycles. The molecule has 2 heterocycles. The van der Waals surface area contributed by atoms with Gasteiger partial charge in [-0.3, -0.25) is 0 Å². The normalized spacial score (nSPS) is 11.0. The fourth-order valence-corrected chi connectivity index (χ4v) is 3.55. The number of hydrogen-bond acceptors (Lipinski definition) is 2. The summed E-state index contributed by atoms with van der Waals surface area (Å²) in [5.74, 6) is 0. The Morgan fingerprint density at radius 2 is 1.29 bits per heavy atom. The van der Waals surface area contributed by atoms with Gasteiger partial charge >= 0.3 is 0 Å². The Kier molecular flexibility index (Phi) is 3.91. The number of rotatable bonds is 3. The number of benzene rings is 3. The van der Waals surface area contributed by atoms with Gasteiger partial charge in [-0.15, -0.1) is 0 Å². The maximum absolute atomic E-state index is 6.02. The summed E-state index contributed by atoms with van der Waals surface area (Å²) >= 11 is 0. The zero-order chi connectivity index (χ0) is 18.9. The average Bonchev–Trinajstić information content (AvgIpc) is 3.19. The lowest BCUT2D eigenvalue weighted by molar-refractivity contribution is 1.19. The number of fused-ring (bicyclic) bond motifs is 1. The molecule has 0 atom stereocenters. The van der Waals surface area contributed by atoms with Crippen molar-refractivity contribution in [1.82, 2.24) is 9.38 Å². The molecule has 3 heteroatoms. The number of nitrogens with two attached hydrogens (primary N) is 1. The lowest BCUT2D eigenvalue weighted by Crippen LogP contribution is -1.92. The lowest BCUT2D eigenvalue weighted by atomic mass is 10.0. The van der Waals surface area contributed by atoms with Crippen molar-refractivity contribution in [2.24, 2.45) is 0 Å². The number of pyridine rings is 1. The maximum Gasteiger partial charge on any atom is 0.145 e. The van der Waals surface area contributed by atoms with Crippen LogP contribution in [-0.2, 0) is 0 Å². The molecule has 3 aromatic carbocycles. The van der Waals surface area contributed by atoms with Gasteiger partial charge in [-0.2, -0.15) is 0 Å². The van der Waals surface area contributed by atoms with Crippen LogP contribution in [0, 0.1) is 0 Å². The molecular formula is C25H19N3. The third-order valence-electron chi connectivity index (χ3n) is 4.93. The summed E-state index contributed by atoms with van der Waals surface area (Å²) in [6.45, 7) is 0. The molecule has 0 aliphatic heterocycles. The predicted molar refractivity (Wildman–Crippen MR) is 116 cm³/mol. The third-order valence-corrected chi connectivity index (χ3v) is 4.93. The van der Waals surface area contributed by atoms with E-state index in [9.17, 15) is 0 Å². The Morgan fingerprint density at radius 1 is 0.607 bits per heavy atom. The van der Waals surface area contributed by atoms with Crippen LogP contribution < -0.4 is 5.73 Å². The summed E-state index contributed by atoms with van der Waals surface area (Å²) in [6, 6.07) is 30.8. The van der Waals surface area contributed by atoms with E-state index in [-0.39, 0.29) is 0 Å². The van der Waals surface area contributed by atoms with E-state index < -0.39 is 0 Å². The molecular weight excluding hydrogens is 342 g/mol. The highest BCUT2D eigenvalue weighted by Crippen LogP contribution is 2.32. The molecule has 134 valence electrons. The van der Waals surface area contributed by atoms with E-state index in [0.717, 1.165) is 44.8 Å². The molecule has 2 N–H and O–H groups in total. The molecule has 2 aromatic heterocycles. The number of anilines is 1. The number of nitrogens with zero attached hydrogens (tertiary/aromatic N) is 2. The summed E-state index contributed by atoms with van der Waals surface area (Å²) < 4.78 is 2.11. The van der Waals surface area contributed by atoms with Gasteiger partial charge in [0.25, 0.3) is 0 Å². The van der Waals surface area contributed by atoms with E-state index in [2.05, 4.69) is 65.3 Å². The van der Waals surface area contributed by atoms with Gasteiger partial charge < -0.3 is 10.1 Å². The van der Waals surface area contributed by atoms with Gasteiger partial charge in [0.15, 0.2) is 0 Å². The summed E-state index contributed by atoms with van der Waals surface area (Å²) in [5.41, 5.74) is 14.2. The molecule has 0 bridgehead atoms. The minimum atomic E-state index is 0.759. The molecule has 5 rings (SSSR count). The summed E-state index contributed by atoms with van der Waals surface area (Å²) in [5, 5.41) is 0. The molecule has 28 heavy (non-hydrogen) atoms. The van der Waals surface area contributed by atoms with E-state index in [1.165, 1.54) is 0 Å². The first-order valence-corrected chi connectivity index (χ1v) is 9.27. The Labute approximate surface area is 163 Å². The second-order valence-electron chi connectivity index (χ2n) is 6.86. The minimum Gasteiger partial charge on any atom is -0.399 e. The van der Waals surface area contributed by atoms with Crippen molar-refractivity contribution < 1.29 is 0 Å². The average molecular weight is 361 g/mol. The van der Waals surface area contributed by atoms with Crippen LogP contribution in [0.1, 0.15) is 0 Å². The largest absolute Gasteiger partial charge is 0.399 e. The van der Waals surface area contributed by atoms with Crippen molar-refractivity contribution in [3.05, 3.63) is 103 Å². The summed E-state index contributed by atoms with van der Waals surface area (Å²) in [4.78, 5) is 4.95. The van der Waals surface area contributed by atoms with Gasteiger partial charge in [-0.25, -0.2) is 4.98 Å². The Bertz CT molecular complexity index is 1260. The van der Waals surface area contributed by atoms with Crippen LogP contribution in [0.15, 0.2) is 103 Å². The Hall–Kier alpha value is -3.85. The van der Waals surface area contributed by atoms with Crippen LogP contribution in [0.5, 0.6) is 0 Å². The first-order valence-electron chi connectivity index (χ1n) is 9.27. The number of aromatic nitrogens is 2. The van der Waals surface area contributed by atoms with Gasteiger partial charge in [0.1, 0.15) is 5.65 Å². The van der Waals surface area contributed by atoms with Crippen LogP contribution in [0.4, 0.5) is 5.69 Å². The quantitative estimate of drug-likeness (QED) is 0.406. The van der Waals surface area contributed by atoms with Crippen molar-refractivity contribution in [2.75, 3.05) is 5.73 Å². The summed E-state index contributed by atoms with van der Waals surface area (Å²) in [7, 11) is 0. The first kappa shape index (κ1) is 16.3. The van der Waals surface area contributed by atoms with Crippen LogP contribution >= 0.6 is 0 Å². The first-order chi connectivity index (χ1) is 13.8. The molecule has 0 aliphatic rings. The van der Waals surface area contributed by atoms with Crippen molar-refractivity contribution in [3.8, 4) is 33.5 Å². The number of hydrogen-bond donors (Lipinski definition) is 1. The van der Waals surface area contributed by atoms with E-state index in [0.29, 0.717) is 0 Å². The zero-order valence-electron chi connectivity index (χ0n) is 15.3. The smallest absolute Gasteiger partial charge is 0.145 e. The van der Waals surface area contributed by atoms with Gasteiger partial charge in [0, 0.05) is 29.2 Å². The molecule has 3 nitrogen and oxygen atoms in total. The van der Waals surface area contributed by atoms with Crippen molar-refractivity contribution in [3.63, 3.8) is 0 Å². The monoisotopic (exact) mass is 361 g/mol. The molecule has 0 unspecified atom stereocenters. The van der Waals surface area contributed by atoms with Crippen molar-refractivity contribution in [2.45, 2.75) is 0 Å². The predicted octanol–water partition coefficient (Wildman–Crippen LogP) is 5.92. The minimum absolute atomic E-state index is 0.759. The number of imidazole rings is 1. The fraction of sp³-hybridized carbons (Fsp3) is 0. The highest BCUT2D eigenvalue weighted by molar-refractivity contribution is 5.84. The van der Waals surface area contributed by atoms with Crippen LogP contribution in [0.2, 0.25) is 0 Å². The zero-order valence-corrected chi connectivity index (χ0v) is 15.3. The molecule has 0 aliphatic carbocycles. The van der Waals surface area contributed by atoms with Crippen LogP contribution in [0.25, 0.3) is 39.2 Å². The fourth-order valence-electron chi connectivity index (χ4n) is 3.55. The van der Waals surface area contributed by atoms with Gasteiger partial charge in [-0.05, 0) is 34.9 Å². The lowest BCUT2D eigenvalue weighted by Gasteiger charge is -2.09. The molecule has 0 spiro atoms. The van der Waals surface area contributed by atoms with E-state index in [1.54, 1.807) is 0 Å². The van der Waals surface area contributed by atoms with E-state index >= 15 is 0 Å². The number of nitrogen functional groups attached to an aromatic ring is 1. The highest BCUT2D eigenvalue weighted by atomic mass is 15.0. The SMILES string of the molecule is Nc1cccc(-c2cc(-c3ccccc3)c3nc(-c4ccccc4)cn3c2)c1. The standard InChI is InChI=1S/C25H19N3/c26-22-13-7-12-20(14-22)21-15-23(18-8-3-1-4-9-18)25-27-24(17-28(25)16-21)19-10-5-2-6-11-19/h1-17H,26H2. The van der Waals surface area contributed by atoms with Gasteiger partial charge in [0.2, 0.25) is 0 Å². The van der Waals surface area contributed by atoms with Gasteiger partial charge in [0.05, 0.1) is 5.69 Å². The van der Waals surface area contributed by atoms with Crippen molar-refractivity contribution >= 4 is 11.3 Å². The van der Waals surface area contributed by atoms with Crippen molar-refractivity contribution in [1.29, 1.82) is 0 Å². The Balaban J connectivity index is 1.77. The molecule has 0 fully saturated rings.